The molecule has 0 radical (unpaired) electrons. The molecule has 1 aliphatic heterocycles. The summed E-state index contributed by atoms with van der Waals surface area (Å²) in [5, 5.41) is 2.66. The Morgan fingerprint density at radius 2 is 1.50 bits per heavy atom. The number of nitrogens with zero attached hydrogens (tertiary/aromatic N) is 1. The van der Waals surface area contributed by atoms with E-state index in [-0.39, 0.29) is 0 Å². The van der Waals surface area contributed by atoms with Gasteiger partial charge in [0.05, 0.1) is 0 Å². The van der Waals surface area contributed by atoms with Gasteiger partial charge in [0.15, 0.2) is 0 Å². The minimum absolute atomic E-state index is 0.433. The first kappa shape index (κ1) is 16.2. The van der Waals surface area contributed by atoms with Gasteiger partial charge in [-0.05, 0) is 42.9 Å². The molecule has 1 aliphatic rings. The molecule has 124 valence electrons. The Morgan fingerprint density at radius 3 is 2.12 bits per heavy atom. The lowest BCUT2D eigenvalue weighted by Gasteiger charge is -2.31. The van der Waals surface area contributed by atoms with Gasteiger partial charge in [0, 0.05) is 18.8 Å². The Kier molecular flexibility index (Phi) is 5.26. The number of likely N-dealkylation sites (tertiary alicyclic amines) is 1. The van der Waals surface area contributed by atoms with Gasteiger partial charge in [0.25, 0.3) is 0 Å². The van der Waals surface area contributed by atoms with Crippen LogP contribution in [0.4, 0.5) is 5.69 Å². The van der Waals surface area contributed by atoms with E-state index in [1.54, 1.807) is 17.0 Å². The minimum Gasteiger partial charge on any atom is -0.334 e. The molecule has 0 atom stereocenters. The summed E-state index contributed by atoms with van der Waals surface area (Å²) in [5.74, 6) is -0.409. The van der Waals surface area contributed by atoms with Crippen LogP contribution in [0.5, 0.6) is 0 Å². The van der Waals surface area contributed by atoms with Crippen molar-refractivity contribution in [2.24, 2.45) is 5.92 Å². The molecule has 1 heterocycles. The number of para-hydroxylation sites is 1. The fourth-order valence-corrected chi connectivity index (χ4v) is 3.14. The number of carbonyl (C=O) groups is 2. The van der Waals surface area contributed by atoms with Gasteiger partial charge in [-0.25, -0.2) is 0 Å². The van der Waals surface area contributed by atoms with Gasteiger partial charge >= 0.3 is 11.8 Å². The molecule has 0 spiro atoms. The number of rotatable bonds is 3. The smallest absolute Gasteiger partial charge is 0.313 e. The zero-order valence-electron chi connectivity index (χ0n) is 13.7. The largest absolute Gasteiger partial charge is 0.334 e. The number of nitrogens with one attached hydrogen (secondary N) is 1. The molecule has 2 amide bonds. The highest BCUT2D eigenvalue weighted by Crippen LogP contribution is 2.21. The van der Waals surface area contributed by atoms with E-state index < -0.39 is 11.8 Å². The van der Waals surface area contributed by atoms with E-state index in [2.05, 4.69) is 29.6 Å². The average molecular weight is 322 g/mol. The van der Waals surface area contributed by atoms with Crippen LogP contribution >= 0.6 is 0 Å². The predicted molar refractivity (Wildman–Crippen MR) is 94.5 cm³/mol. The van der Waals surface area contributed by atoms with Crippen LogP contribution in [-0.4, -0.2) is 29.8 Å². The monoisotopic (exact) mass is 322 g/mol. The van der Waals surface area contributed by atoms with Crippen LogP contribution in [-0.2, 0) is 16.0 Å². The number of amides is 2. The molecule has 0 saturated carbocycles. The molecule has 2 aromatic rings. The third-order valence-electron chi connectivity index (χ3n) is 4.49. The Labute approximate surface area is 142 Å². The van der Waals surface area contributed by atoms with E-state index >= 15 is 0 Å². The van der Waals surface area contributed by atoms with Crippen molar-refractivity contribution in [3.8, 4) is 0 Å². The number of benzene rings is 2. The molecule has 0 unspecified atom stereocenters. The van der Waals surface area contributed by atoms with Crippen LogP contribution in [0.3, 0.4) is 0 Å². The summed E-state index contributed by atoms with van der Waals surface area (Å²) < 4.78 is 0. The quantitative estimate of drug-likeness (QED) is 0.883. The van der Waals surface area contributed by atoms with Crippen LogP contribution in [0.25, 0.3) is 0 Å². The fourth-order valence-electron chi connectivity index (χ4n) is 3.14. The number of anilines is 1. The van der Waals surface area contributed by atoms with Gasteiger partial charge in [0.1, 0.15) is 0 Å². The van der Waals surface area contributed by atoms with Gasteiger partial charge in [0.2, 0.25) is 0 Å². The first-order valence-electron chi connectivity index (χ1n) is 8.41. The number of hydrogen-bond donors (Lipinski definition) is 1. The van der Waals surface area contributed by atoms with Crippen molar-refractivity contribution in [3.63, 3.8) is 0 Å². The highest BCUT2D eigenvalue weighted by atomic mass is 16.2. The van der Waals surface area contributed by atoms with E-state index in [1.807, 2.05) is 24.3 Å². The Bertz CT molecular complexity index is 677. The summed E-state index contributed by atoms with van der Waals surface area (Å²) in [4.78, 5) is 26.0. The van der Waals surface area contributed by atoms with Crippen molar-refractivity contribution in [1.29, 1.82) is 0 Å². The molecule has 4 nitrogen and oxygen atoms in total. The lowest BCUT2D eigenvalue weighted by Crippen LogP contribution is -2.44. The summed E-state index contributed by atoms with van der Waals surface area (Å²) in [7, 11) is 0. The highest BCUT2D eigenvalue weighted by Gasteiger charge is 2.27. The van der Waals surface area contributed by atoms with E-state index in [0.717, 1.165) is 19.3 Å². The van der Waals surface area contributed by atoms with Crippen molar-refractivity contribution < 1.29 is 9.59 Å². The summed E-state index contributed by atoms with van der Waals surface area (Å²) in [6, 6.07) is 19.5. The Morgan fingerprint density at radius 1 is 0.917 bits per heavy atom. The van der Waals surface area contributed by atoms with Crippen molar-refractivity contribution in [1.82, 2.24) is 4.90 Å². The van der Waals surface area contributed by atoms with E-state index in [0.29, 0.717) is 24.7 Å². The molecular weight excluding hydrogens is 300 g/mol. The van der Waals surface area contributed by atoms with Gasteiger partial charge in [-0.2, -0.15) is 0 Å². The summed E-state index contributed by atoms with van der Waals surface area (Å²) in [6.07, 6.45) is 2.93. The normalized spacial score (nSPS) is 15.1. The van der Waals surface area contributed by atoms with Crippen molar-refractivity contribution >= 4 is 17.5 Å². The lowest BCUT2D eigenvalue weighted by atomic mass is 9.90. The van der Waals surface area contributed by atoms with Gasteiger partial charge < -0.3 is 10.2 Å². The molecule has 0 bridgehead atoms. The maximum absolute atomic E-state index is 12.3. The molecule has 0 aliphatic carbocycles. The average Bonchev–Trinajstić information content (AvgIpc) is 2.63. The SMILES string of the molecule is O=C(Nc1ccccc1)C(=O)N1CCC(Cc2ccccc2)CC1. The molecule has 0 aromatic heterocycles. The summed E-state index contributed by atoms with van der Waals surface area (Å²) >= 11 is 0. The predicted octanol–water partition coefficient (Wildman–Crippen LogP) is 3.11. The molecule has 1 fully saturated rings. The molecule has 1 saturated heterocycles. The van der Waals surface area contributed by atoms with Crippen molar-refractivity contribution in [2.45, 2.75) is 19.3 Å². The first-order chi connectivity index (χ1) is 11.7. The third kappa shape index (κ3) is 4.22. The van der Waals surface area contributed by atoms with Crippen LogP contribution in [0.1, 0.15) is 18.4 Å². The Balaban J connectivity index is 1.49. The van der Waals surface area contributed by atoms with E-state index in [9.17, 15) is 9.59 Å². The van der Waals surface area contributed by atoms with Crippen LogP contribution in [0.15, 0.2) is 60.7 Å². The number of hydrogen-bond acceptors (Lipinski definition) is 2. The molecule has 4 heteroatoms. The summed E-state index contributed by atoms with van der Waals surface area (Å²) in [6.45, 7) is 1.30. The molecular formula is C20H22N2O2. The van der Waals surface area contributed by atoms with Gasteiger partial charge in [-0.15, -0.1) is 0 Å². The van der Waals surface area contributed by atoms with E-state index in [1.165, 1.54) is 5.56 Å². The second-order valence-electron chi connectivity index (χ2n) is 6.25. The first-order valence-corrected chi connectivity index (χ1v) is 8.41. The third-order valence-corrected chi connectivity index (χ3v) is 4.49. The number of carbonyl (C=O) groups excluding carboxylic acids is 2. The Hall–Kier alpha value is -2.62. The fraction of sp³-hybridized carbons (Fsp3) is 0.300. The highest BCUT2D eigenvalue weighted by molar-refractivity contribution is 6.39. The van der Waals surface area contributed by atoms with Crippen LogP contribution < -0.4 is 5.32 Å². The molecule has 24 heavy (non-hydrogen) atoms. The van der Waals surface area contributed by atoms with Gasteiger partial charge in [-0.1, -0.05) is 48.5 Å². The van der Waals surface area contributed by atoms with Crippen LogP contribution in [0.2, 0.25) is 0 Å². The number of piperidine rings is 1. The maximum atomic E-state index is 12.3. The topological polar surface area (TPSA) is 49.4 Å². The minimum atomic E-state index is -0.553. The van der Waals surface area contributed by atoms with Crippen LogP contribution in [0, 0.1) is 5.92 Å². The molecule has 3 rings (SSSR count). The molecule has 2 aromatic carbocycles. The second-order valence-corrected chi connectivity index (χ2v) is 6.25. The maximum Gasteiger partial charge on any atom is 0.313 e. The van der Waals surface area contributed by atoms with E-state index in [4.69, 9.17) is 0 Å². The lowest BCUT2D eigenvalue weighted by molar-refractivity contribution is -0.144. The zero-order chi connectivity index (χ0) is 16.8. The standard InChI is InChI=1S/C20H22N2O2/c23-19(21-18-9-5-2-6-10-18)20(24)22-13-11-17(12-14-22)15-16-7-3-1-4-8-16/h1-10,17H,11-15H2,(H,21,23). The zero-order valence-corrected chi connectivity index (χ0v) is 13.7. The second kappa shape index (κ2) is 7.77. The summed E-state index contributed by atoms with van der Waals surface area (Å²) in [5.41, 5.74) is 1.99. The van der Waals surface area contributed by atoms with Crippen molar-refractivity contribution in [3.05, 3.63) is 66.2 Å². The molecule has 1 N–H and O–H groups in total. The van der Waals surface area contributed by atoms with Gasteiger partial charge in [-0.3, -0.25) is 9.59 Å². The van der Waals surface area contributed by atoms with Crippen molar-refractivity contribution in [2.75, 3.05) is 18.4 Å².